The summed E-state index contributed by atoms with van der Waals surface area (Å²) in [6.45, 7) is 1.18. The zero-order valence-electron chi connectivity index (χ0n) is 10.7. The van der Waals surface area contributed by atoms with Crippen LogP contribution in [-0.2, 0) is 4.74 Å². The topological polar surface area (TPSA) is 64.3 Å². The number of methoxy groups -OCH3 is 1. The molecule has 1 atom stereocenters. The SMILES string of the molecule is COCC(N)CN(C)c1ncc2ccccc2n1. The van der Waals surface area contributed by atoms with Crippen LogP contribution in [0.25, 0.3) is 10.9 Å². The normalized spacial score (nSPS) is 12.6. The van der Waals surface area contributed by atoms with E-state index >= 15 is 0 Å². The van der Waals surface area contributed by atoms with Gasteiger partial charge in [-0.2, -0.15) is 0 Å². The van der Waals surface area contributed by atoms with Crippen molar-refractivity contribution in [3.05, 3.63) is 30.5 Å². The molecule has 2 rings (SSSR count). The van der Waals surface area contributed by atoms with E-state index in [1.165, 1.54) is 0 Å². The molecule has 0 radical (unpaired) electrons. The number of hydrogen-bond acceptors (Lipinski definition) is 5. The number of nitrogens with zero attached hydrogens (tertiary/aromatic N) is 3. The quantitative estimate of drug-likeness (QED) is 0.854. The second-order valence-electron chi connectivity index (χ2n) is 4.32. The molecule has 0 fully saturated rings. The Morgan fingerprint density at radius 3 is 2.94 bits per heavy atom. The predicted molar refractivity (Wildman–Crippen MR) is 72.7 cm³/mol. The Bertz CT molecular complexity index is 517. The lowest BCUT2D eigenvalue weighted by atomic mass is 10.2. The fourth-order valence-corrected chi connectivity index (χ4v) is 1.85. The standard InChI is InChI=1S/C13H18N4O/c1-17(8-11(14)9-18-2)13-15-7-10-5-3-4-6-12(10)16-13/h3-7,11H,8-9,14H2,1-2H3. The van der Waals surface area contributed by atoms with Gasteiger partial charge in [0.1, 0.15) is 0 Å². The largest absolute Gasteiger partial charge is 0.383 e. The Morgan fingerprint density at radius 1 is 1.39 bits per heavy atom. The van der Waals surface area contributed by atoms with Crippen molar-refractivity contribution < 1.29 is 4.74 Å². The van der Waals surface area contributed by atoms with E-state index < -0.39 is 0 Å². The summed E-state index contributed by atoms with van der Waals surface area (Å²) in [4.78, 5) is 10.8. The van der Waals surface area contributed by atoms with Gasteiger partial charge >= 0.3 is 0 Å². The molecule has 0 saturated carbocycles. The van der Waals surface area contributed by atoms with E-state index in [0.29, 0.717) is 19.1 Å². The summed E-state index contributed by atoms with van der Waals surface area (Å²) < 4.78 is 5.02. The molecule has 0 spiro atoms. The predicted octanol–water partition coefficient (Wildman–Crippen LogP) is 1.04. The van der Waals surface area contributed by atoms with Crippen LogP contribution >= 0.6 is 0 Å². The maximum atomic E-state index is 5.91. The monoisotopic (exact) mass is 246 g/mol. The molecule has 0 bridgehead atoms. The summed E-state index contributed by atoms with van der Waals surface area (Å²) >= 11 is 0. The zero-order valence-corrected chi connectivity index (χ0v) is 10.7. The molecule has 1 aromatic carbocycles. The van der Waals surface area contributed by atoms with Crippen LogP contribution in [0.2, 0.25) is 0 Å². The molecule has 18 heavy (non-hydrogen) atoms. The Labute approximate surface area is 107 Å². The van der Waals surface area contributed by atoms with Crippen molar-refractivity contribution >= 4 is 16.9 Å². The van der Waals surface area contributed by atoms with Gasteiger partial charge in [-0.3, -0.25) is 0 Å². The molecule has 0 aliphatic heterocycles. The Balaban J connectivity index is 2.15. The second kappa shape index (κ2) is 5.75. The molecule has 5 heteroatoms. The average molecular weight is 246 g/mol. The first-order valence-corrected chi connectivity index (χ1v) is 5.88. The minimum atomic E-state index is -0.0462. The van der Waals surface area contributed by atoms with Crippen LogP contribution in [0, 0.1) is 0 Å². The molecule has 96 valence electrons. The number of rotatable bonds is 5. The number of ether oxygens (including phenoxy) is 1. The van der Waals surface area contributed by atoms with Gasteiger partial charge in [-0.25, -0.2) is 9.97 Å². The highest BCUT2D eigenvalue weighted by Gasteiger charge is 2.10. The number of aromatic nitrogens is 2. The Hall–Kier alpha value is -1.72. The number of anilines is 1. The number of fused-ring (bicyclic) bond motifs is 1. The molecular formula is C13H18N4O. The highest BCUT2D eigenvalue weighted by Crippen LogP contribution is 2.13. The smallest absolute Gasteiger partial charge is 0.225 e. The lowest BCUT2D eigenvalue weighted by Crippen LogP contribution is -2.39. The van der Waals surface area contributed by atoms with Gasteiger partial charge in [0.25, 0.3) is 0 Å². The van der Waals surface area contributed by atoms with Crippen molar-refractivity contribution in [2.45, 2.75) is 6.04 Å². The van der Waals surface area contributed by atoms with Gasteiger partial charge in [-0.1, -0.05) is 18.2 Å². The van der Waals surface area contributed by atoms with Gasteiger partial charge in [-0.05, 0) is 6.07 Å². The van der Waals surface area contributed by atoms with Crippen molar-refractivity contribution in [1.82, 2.24) is 9.97 Å². The van der Waals surface area contributed by atoms with E-state index in [2.05, 4.69) is 9.97 Å². The molecule has 0 amide bonds. The number of likely N-dealkylation sites (N-methyl/N-ethyl adjacent to an activating group) is 1. The molecular weight excluding hydrogens is 228 g/mol. The van der Waals surface area contributed by atoms with Crippen LogP contribution in [0.4, 0.5) is 5.95 Å². The highest BCUT2D eigenvalue weighted by atomic mass is 16.5. The van der Waals surface area contributed by atoms with Crippen molar-refractivity contribution in [2.75, 3.05) is 32.2 Å². The van der Waals surface area contributed by atoms with Crippen LogP contribution < -0.4 is 10.6 Å². The van der Waals surface area contributed by atoms with E-state index in [0.717, 1.165) is 10.9 Å². The van der Waals surface area contributed by atoms with E-state index in [-0.39, 0.29) is 6.04 Å². The van der Waals surface area contributed by atoms with E-state index in [1.807, 2.05) is 42.4 Å². The summed E-state index contributed by atoms with van der Waals surface area (Å²) in [6.07, 6.45) is 1.83. The van der Waals surface area contributed by atoms with E-state index in [9.17, 15) is 0 Å². The van der Waals surface area contributed by atoms with Crippen molar-refractivity contribution in [3.63, 3.8) is 0 Å². The molecule has 0 saturated heterocycles. The first kappa shape index (κ1) is 12.7. The number of para-hydroxylation sites is 1. The van der Waals surface area contributed by atoms with E-state index in [1.54, 1.807) is 7.11 Å². The zero-order chi connectivity index (χ0) is 13.0. The van der Waals surface area contributed by atoms with Gasteiger partial charge in [-0.15, -0.1) is 0 Å². The van der Waals surface area contributed by atoms with Crippen LogP contribution in [0.1, 0.15) is 0 Å². The third kappa shape index (κ3) is 2.94. The van der Waals surface area contributed by atoms with Crippen LogP contribution in [0.3, 0.4) is 0 Å². The molecule has 2 aromatic rings. The van der Waals surface area contributed by atoms with Crippen LogP contribution in [-0.4, -0.2) is 43.3 Å². The first-order valence-electron chi connectivity index (χ1n) is 5.88. The Kier molecular flexibility index (Phi) is 4.07. The molecule has 5 nitrogen and oxygen atoms in total. The van der Waals surface area contributed by atoms with E-state index in [4.69, 9.17) is 10.5 Å². The maximum Gasteiger partial charge on any atom is 0.225 e. The van der Waals surface area contributed by atoms with Gasteiger partial charge < -0.3 is 15.4 Å². The number of hydrogen-bond donors (Lipinski definition) is 1. The van der Waals surface area contributed by atoms with Gasteiger partial charge in [0.2, 0.25) is 5.95 Å². The van der Waals surface area contributed by atoms with Crippen molar-refractivity contribution in [3.8, 4) is 0 Å². The molecule has 1 aromatic heterocycles. The summed E-state index contributed by atoms with van der Waals surface area (Å²) in [5.74, 6) is 0.681. The fraction of sp³-hybridized carbons (Fsp3) is 0.385. The summed E-state index contributed by atoms with van der Waals surface area (Å²) in [5.41, 5.74) is 6.85. The summed E-state index contributed by atoms with van der Waals surface area (Å²) in [7, 11) is 3.58. The molecule has 2 N–H and O–H groups in total. The lowest BCUT2D eigenvalue weighted by Gasteiger charge is -2.21. The molecule has 1 unspecified atom stereocenters. The number of nitrogens with two attached hydrogens (primary N) is 1. The van der Waals surface area contributed by atoms with Gasteiger partial charge in [0, 0.05) is 38.3 Å². The third-order valence-electron chi connectivity index (χ3n) is 2.71. The number of benzene rings is 1. The fourth-order valence-electron chi connectivity index (χ4n) is 1.85. The molecule has 1 heterocycles. The highest BCUT2D eigenvalue weighted by molar-refractivity contribution is 5.78. The average Bonchev–Trinajstić information content (AvgIpc) is 2.38. The third-order valence-corrected chi connectivity index (χ3v) is 2.71. The summed E-state index contributed by atoms with van der Waals surface area (Å²) in [5, 5.41) is 1.04. The summed E-state index contributed by atoms with van der Waals surface area (Å²) in [6, 6.07) is 7.87. The minimum absolute atomic E-state index is 0.0462. The second-order valence-corrected chi connectivity index (χ2v) is 4.32. The van der Waals surface area contributed by atoms with Crippen molar-refractivity contribution in [2.24, 2.45) is 5.73 Å². The van der Waals surface area contributed by atoms with Gasteiger partial charge in [0.15, 0.2) is 0 Å². The molecule has 0 aliphatic rings. The van der Waals surface area contributed by atoms with Gasteiger partial charge in [0.05, 0.1) is 12.1 Å². The minimum Gasteiger partial charge on any atom is -0.383 e. The van der Waals surface area contributed by atoms with Crippen molar-refractivity contribution in [1.29, 1.82) is 0 Å². The lowest BCUT2D eigenvalue weighted by molar-refractivity contribution is 0.181. The Morgan fingerprint density at radius 2 is 2.17 bits per heavy atom. The maximum absolute atomic E-state index is 5.91. The van der Waals surface area contributed by atoms with Crippen LogP contribution in [0.5, 0.6) is 0 Å². The first-order chi connectivity index (χ1) is 8.70. The molecule has 0 aliphatic carbocycles. The van der Waals surface area contributed by atoms with Crippen LogP contribution in [0.15, 0.2) is 30.5 Å².